The molecule has 3 rings (SSSR count). The van der Waals surface area contributed by atoms with Gasteiger partial charge in [0.25, 0.3) is 5.91 Å². The second-order valence-corrected chi connectivity index (χ2v) is 8.74. The molecule has 1 aromatic carbocycles. The fraction of sp³-hybridized carbons (Fsp3) is 0.455. The average Bonchev–Trinajstić information content (AvgIpc) is 3.24. The highest BCUT2D eigenvalue weighted by Gasteiger charge is 2.29. The topological polar surface area (TPSA) is 100 Å². The van der Waals surface area contributed by atoms with Gasteiger partial charge in [0.15, 0.2) is 5.13 Å². The first-order valence-electron chi connectivity index (χ1n) is 10.4. The van der Waals surface area contributed by atoms with Crippen LogP contribution in [0.25, 0.3) is 11.3 Å². The Hall–Kier alpha value is -2.74. The summed E-state index contributed by atoms with van der Waals surface area (Å²) < 4.78 is 0. The van der Waals surface area contributed by atoms with Crippen LogP contribution in [0, 0.1) is 6.92 Å². The van der Waals surface area contributed by atoms with Crippen LogP contribution in [0.4, 0.5) is 9.93 Å². The van der Waals surface area contributed by atoms with Gasteiger partial charge < -0.3 is 10.6 Å². The number of hydrogen-bond donors (Lipinski definition) is 3. The molecule has 3 N–H and O–H groups in total. The summed E-state index contributed by atoms with van der Waals surface area (Å²) in [6.45, 7) is 4.20. The lowest BCUT2D eigenvalue weighted by Gasteiger charge is -2.06. The van der Waals surface area contributed by atoms with Crippen LogP contribution in [-0.4, -0.2) is 28.9 Å². The zero-order valence-corrected chi connectivity index (χ0v) is 18.2. The van der Waals surface area contributed by atoms with Gasteiger partial charge in [0.1, 0.15) is 6.04 Å². The molecule has 0 radical (unpaired) electrons. The average molecular weight is 429 g/mol. The van der Waals surface area contributed by atoms with Crippen LogP contribution >= 0.6 is 11.3 Å². The SMILES string of the molecule is CCCCCCc1ccc(-c2nc(NC(=O)CC[C@@H]3NC(=O)NC3=O)sc2C)cc1. The molecule has 4 amide bonds. The van der Waals surface area contributed by atoms with Gasteiger partial charge in [-0.15, -0.1) is 11.3 Å². The van der Waals surface area contributed by atoms with E-state index in [-0.39, 0.29) is 18.7 Å². The summed E-state index contributed by atoms with van der Waals surface area (Å²) in [5, 5.41) is 7.98. The van der Waals surface area contributed by atoms with E-state index in [1.54, 1.807) is 0 Å². The molecule has 1 aromatic heterocycles. The molecule has 1 fully saturated rings. The lowest BCUT2D eigenvalue weighted by atomic mass is 10.0. The molecule has 0 unspecified atom stereocenters. The highest BCUT2D eigenvalue weighted by atomic mass is 32.1. The van der Waals surface area contributed by atoms with Crippen LogP contribution in [0.15, 0.2) is 24.3 Å². The van der Waals surface area contributed by atoms with Crippen LogP contribution < -0.4 is 16.0 Å². The molecule has 8 heteroatoms. The van der Waals surface area contributed by atoms with Crippen molar-refractivity contribution < 1.29 is 14.4 Å². The number of aryl methyl sites for hydroxylation is 2. The molecular formula is C22H28N4O3S. The van der Waals surface area contributed by atoms with E-state index in [0.717, 1.165) is 22.6 Å². The molecule has 1 atom stereocenters. The van der Waals surface area contributed by atoms with E-state index in [0.29, 0.717) is 5.13 Å². The third kappa shape index (κ3) is 5.89. The van der Waals surface area contributed by atoms with Gasteiger partial charge in [0, 0.05) is 16.9 Å². The highest BCUT2D eigenvalue weighted by molar-refractivity contribution is 7.16. The number of rotatable bonds is 10. The molecule has 1 aliphatic heterocycles. The van der Waals surface area contributed by atoms with Crippen molar-refractivity contribution in [2.45, 2.75) is 64.8 Å². The standard InChI is InChI=1S/C22H28N4O3S/c1-3-4-5-6-7-15-8-10-16(11-9-15)19-14(2)30-22(25-19)24-18(27)13-12-17-20(28)26-21(29)23-17/h8-11,17H,3-7,12-13H2,1-2H3,(H,24,25,27)(H2,23,26,28,29)/t17-/m0/s1. The third-order valence-electron chi connectivity index (χ3n) is 5.11. The third-order valence-corrected chi connectivity index (χ3v) is 5.99. The summed E-state index contributed by atoms with van der Waals surface area (Å²) in [4.78, 5) is 40.5. The predicted molar refractivity (Wildman–Crippen MR) is 118 cm³/mol. The summed E-state index contributed by atoms with van der Waals surface area (Å²) in [7, 11) is 0. The molecule has 2 aromatic rings. The zero-order chi connectivity index (χ0) is 21.5. The molecule has 2 heterocycles. The summed E-state index contributed by atoms with van der Waals surface area (Å²) >= 11 is 1.43. The van der Waals surface area contributed by atoms with Gasteiger partial charge in [0.05, 0.1) is 5.69 Å². The summed E-state index contributed by atoms with van der Waals surface area (Å²) in [6, 6.07) is 7.31. The van der Waals surface area contributed by atoms with Crippen molar-refractivity contribution in [2.75, 3.05) is 5.32 Å². The van der Waals surface area contributed by atoms with Gasteiger partial charge in [-0.3, -0.25) is 14.9 Å². The Morgan fingerprint density at radius 2 is 1.93 bits per heavy atom. The first-order chi connectivity index (χ1) is 14.5. The van der Waals surface area contributed by atoms with E-state index in [2.05, 4.69) is 52.1 Å². The fourth-order valence-corrected chi connectivity index (χ4v) is 4.27. The number of imide groups is 1. The molecule has 0 spiro atoms. The monoisotopic (exact) mass is 428 g/mol. The van der Waals surface area contributed by atoms with Gasteiger partial charge in [-0.1, -0.05) is 50.5 Å². The Morgan fingerprint density at radius 3 is 2.60 bits per heavy atom. The van der Waals surface area contributed by atoms with Crippen molar-refractivity contribution in [3.8, 4) is 11.3 Å². The summed E-state index contributed by atoms with van der Waals surface area (Å²) in [5.74, 6) is -0.624. The first-order valence-corrected chi connectivity index (χ1v) is 11.3. The van der Waals surface area contributed by atoms with Crippen LogP contribution in [-0.2, 0) is 16.0 Å². The van der Waals surface area contributed by atoms with Crippen molar-refractivity contribution in [3.63, 3.8) is 0 Å². The maximum atomic E-state index is 12.2. The maximum Gasteiger partial charge on any atom is 0.322 e. The molecular weight excluding hydrogens is 400 g/mol. The number of carbonyl (C=O) groups excluding carboxylic acids is 3. The van der Waals surface area contributed by atoms with Crippen molar-refractivity contribution in [1.82, 2.24) is 15.6 Å². The molecule has 0 bridgehead atoms. The molecule has 1 aliphatic rings. The minimum atomic E-state index is -0.655. The van der Waals surface area contributed by atoms with Gasteiger partial charge in [0.2, 0.25) is 5.91 Å². The lowest BCUT2D eigenvalue weighted by molar-refractivity contribution is -0.120. The Balaban J connectivity index is 1.53. The smallest absolute Gasteiger partial charge is 0.322 e. The normalized spacial score (nSPS) is 15.7. The largest absolute Gasteiger partial charge is 0.326 e. The van der Waals surface area contributed by atoms with Gasteiger partial charge >= 0.3 is 6.03 Å². The van der Waals surface area contributed by atoms with E-state index in [1.165, 1.54) is 42.6 Å². The number of nitrogens with one attached hydrogen (secondary N) is 3. The van der Waals surface area contributed by atoms with Crippen LogP contribution in [0.2, 0.25) is 0 Å². The fourth-order valence-electron chi connectivity index (χ4n) is 3.42. The summed E-state index contributed by atoms with van der Waals surface area (Å²) in [6.07, 6.45) is 6.48. The minimum absolute atomic E-state index is 0.124. The summed E-state index contributed by atoms with van der Waals surface area (Å²) in [5.41, 5.74) is 3.24. The molecule has 160 valence electrons. The predicted octanol–water partition coefficient (Wildman–Crippen LogP) is 4.17. The zero-order valence-electron chi connectivity index (χ0n) is 17.4. The lowest BCUT2D eigenvalue weighted by Crippen LogP contribution is -2.30. The number of aromatic nitrogens is 1. The molecule has 30 heavy (non-hydrogen) atoms. The number of anilines is 1. The molecule has 7 nitrogen and oxygen atoms in total. The maximum absolute atomic E-state index is 12.2. The Morgan fingerprint density at radius 1 is 1.17 bits per heavy atom. The number of carbonyl (C=O) groups is 3. The van der Waals surface area contributed by atoms with E-state index in [4.69, 9.17) is 0 Å². The van der Waals surface area contributed by atoms with E-state index in [1.807, 2.05) is 6.92 Å². The second-order valence-electron chi connectivity index (χ2n) is 7.53. The van der Waals surface area contributed by atoms with Gasteiger partial charge in [-0.05, 0) is 31.7 Å². The van der Waals surface area contributed by atoms with Crippen molar-refractivity contribution in [1.29, 1.82) is 0 Å². The molecule has 0 saturated carbocycles. The van der Waals surface area contributed by atoms with E-state index < -0.39 is 18.0 Å². The Kier molecular flexibility index (Phi) is 7.57. The highest BCUT2D eigenvalue weighted by Crippen LogP contribution is 2.30. The van der Waals surface area contributed by atoms with Crippen molar-refractivity contribution >= 4 is 34.3 Å². The number of benzene rings is 1. The number of urea groups is 1. The second kappa shape index (κ2) is 10.3. The Labute approximate surface area is 180 Å². The number of amides is 4. The van der Waals surface area contributed by atoms with Crippen LogP contribution in [0.5, 0.6) is 0 Å². The van der Waals surface area contributed by atoms with Crippen molar-refractivity contribution in [3.05, 3.63) is 34.7 Å². The van der Waals surface area contributed by atoms with Gasteiger partial charge in [-0.2, -0.15) is 0 Å². The van der Waals surface area contributed by atoms with Gasteiger partial charge in [-0.25, -0.2) is 9.78 Å². The molecule has 0 aliphatic carbocycles. The van der Waals surface area contributed by atoms with Crippen molar-refractivity contribution in [2.24, 2.45) is 0 Å². The molecule has 1 saturated heterocycles. The number of unbranched alkanes of at least 4 members (excludes halogenated alkanes) is 3. The van der Waals surface area contributed by atoms with E-state index in [9.17, 15) is 14.4 Å². The number of thiazole rings is 1. The number of hydrogen-bond acceptors (Lipinski definition) is 5. The minimum Gasteiger partial charge on any atom is -0.326 e. The quantitative estimate of drug-likeness (QED) is 0.391. The van der Waals surface area contributed by atoms with Crippen LogP contribution in [0.3, 0.4) is 0 Å². The van der Waals surface area contributed by atoms with Crippen LogP contribution in [0.1, 0.15) is 55.9 Å². The number of nitrogens with zero attached hydrogens (tertiary/aromatic N) is 1. The first kappa shape index (κ1) is 22.0. The van der Waals surface area contributed by atoms with E-state index >= 15 is 0 Å². The Bertz CT molecular complexity index is 908.